The lowest BCUT2D eigenvalue weighted by Crippen LogP contribution is -2.16. The van der Waals surface area contributed by atoms with Crippen LogP contribution in [0.2, 0.25) is 0 Å². The molecule has 0 saturated carbocycles. The van der Waals surface area contributed by atoms with Crippen LogP contribution in [0.25, 0.3) is 0 Å². The zero-order valence-electron chi connectivity index (χ0n) is 10.5. The molecule has 1 aromatic carbocycles. The Bertz CT molecular complexity index is 893. The van der Waals surface area contributed by atoms with Gasteiger partial charge in [0.05, 0.1) is 16.8 Å². The van der Waals surface area contributed by atoms with Crippen molar-refractivity contribution in [2.24, 2.45) is 7.05 Å². The first-order valence-corrected chi connectivity index (χ1v) is 9.95. The van der Waals surface area contributed by atoms with Gasteiger partial charge in [-0.05, 0) is 40.2 Å². The molecule has 2 aromatic rings. The molecular formula is C10H9BrClN3O4S2. The highest BCUT2D eigenvalue weighted by Crippen LogP contribution is 2.28. The number of benzene rings is 1. The van der Waals surface area contributed by atoms with Crippen LogP contribution >= 0.6 is 26.6 Å². The minimum Gasteiger partial charge on any atom is -0.278 e. The summed E-state index contributed by atoms with van der Waals surface area (Å²) in [5.41, 5.74) is 0.187. The van der Waals surface area contributed by atoms with Gasteiger partial charge in [0.1, 0.15) is 0 Å². The maximum absolute atomic E-state index is 12.1. The van der Waals surface area contributed by atoms with E-state index in [9.17, 15) is 16.8 Å². The molecule has 0 bridgehead atoms. The van der Waals surface area contributed by atoms with Crippen LogP contribution in [0.1, 0.15) is 0 Å². The summed E-state index contributed by atoms with van der Waals surface area (Å²) in [7, 11) is -0.991. The van der Waals surface area contributed by atoms with Gasteiger partial charge in [0, 0.05) is 22.2 Å². The number of halogens is 2. The molecule has 0 amide bonds. The molecule has 1 N–H and O–H groups in total. The highest BCUT2D eigenvalue weighted by atomic mass is 79.9. The molecule has 21 heavy (non-hydrogen) atoms. The van der Waals surface area contributed by atoms with Gasteiger partial charge in [0.2, 0.25) is 0 Å². The van der Waals surface area contributed by atoms with Gasteiger partial charge in [-0.3, -0.25) is 9.40 Å². The largest absolute Gasteiger partial charge is 0.279 e. The van der Waals surface area contributed by atoms with Crippen LogP contribution in [-0.4, -0.2) is 26.6 Å². The molecular weight excluding hydrogens is 406 g/mol. The molecule has 0 aliphatic carbocycles. The van der Waals surface area contributed by atoms with Crippen LogP contribution in [0, 0.1) is 0 Å². The molecule has 2 rings (SSSR count). The van der Waals surface area contributed by atoms with Crippen molar-refractivity contribution in [3.8, 4) is 0 Å². The normalized spacial score (nSPS) is 12.3. The van der Waals surface area contributed by atoms with Crippen molar-refractivity contribution in [2.45, 2.75) is 9.92 Å². The van der Waals surface area contributed by atoms with Gasteiger partial charge < -0.3 is 0 Å². The molecule has 0 saturated heterocycles. The highest BCUT2D eigenvalue weighted by Gasteiger charge is 2.20. The molecule has 0 fully saturated rings. The van der Waals surface area contributed by atoms with E-state index in [0.717, 1.165) is 0 Å². The first kappa shape index (κ1) is 16.3. The lowest BCUT2D eigenvalue weighted by Gasteiger charge is -2.09. The molecule has 1 heterocycles. The topological polar surface area (TPSA) is 98.1 Å². The average molecular weight is 415 g/mol. The van der Waals surface area contributed by atoms with E-state index in [2.05, 4.69) is 25.8 Å². The van der Waals surface area contributed by atoms with E-state index in [1.54, 1.807) is 0 Å². The monoisotopic (exact) mass is 413 g/mol. The van der Waals surface area contributed by atoms with Crippen molar-refractivity contribution in [3.05, 3.63) is 34.9 Å². The Labute approximate surface area is 134 Å². The van der Waals surface area contributed by atoms with Gasteiger partial charge >= 0.3 is 0 Å². The Morgan fingerprint density at radius 3 is 2.38 bits per heavy atom. The number of aryl methyl sites for hydroxylation is 1. The molecule has 11 heteroatoms. The number of nitrogens with zero attached hydrogens (tertiary/aromatic N) is 2. The summed E-state index contributed by atoms with van der Waals surface area (Å²) in [6.07, 6.45) is 1.35. The van der Waals surface area contributed by atoms with E-state index in [-0.39, 0.29) is 20.1 Å². The predicted molar refractivity (Wildman–Crippen MR) is 81.2 cm³/mol. The summed E-state index contributed by atoms with van der Waals surface area (Å²) in [6, 6.07) is 5.15. The Balaban J connectivity index is 2.38. The smallest absolute Gasteiger partial charge is 0.278 e. The van der Waals surface area contributed by atoms with Gasteiger partial charge in [-0.25, -0.2) is 8.42 Å². The Morgan fingerprint density at radius 2 is 1.90 bits per heavy atom. The zero-order valence-corrected chi connectivity index (χ0v) is 14.5. The van der Waals surface area contributed by atoms with Crippen LogP contribution in [-0.2, 0) is 26.1 Å². The average Bonchev–Trinajstić information content (AvgIpc) is 2.74. The van der Waals surface area contributed by atoms with E-state index < -0.39 is 19.1 Å². The van der Waals surface area contributed by atoms with Gasteiger partial charge in [0.15, 0.2) is 5.03 Å². The molecule has 0 radical (unpaired) electrons. The third kappa shape index (κ3) is 3.57. The van der Waals surface area contributed by atoms with Gasteiger partial charge in [0.25, 0.3) is 19.1 Å². The lowest BCUT2D eigenvalue weighted by atomic mass is 10.3. The Kier molecular flexibility index (Phi) is 4.34. The number of hydrogen-bond donors (Lipinski definition) is 1. The molecule has 0 aliphatic rings. The zero-order chi connectivity index (χ0) is 15.8. The van der Waals surface area contributed by atoms with Crippen LogP contribution in [0.15, 0.2) is 44.9 Å². The van der Waals surface area contributed by atoms with Gasteiger partial charge in [-0.2, -0.15) is 13.5 Å². The first-order chi connectivity index (χ1) is 9.61. The van der Waals surface area contributed by atoms with Crippen LogP contribution in [0.5, 0.6) is 0 Å². The molecule has 0 aliphatic heterocycles. The van der Waals surface area contributed by atoms with E-state index in [0.29, 0.717) is 0 Å². The second-order valence-electron chi connectivity index (χ2n) is 3.98. The SMILES string of the molecule is Cn1nccc1S(=O)(=O)Nc1ccc(S(=O)(=O)Cl)c(Br)c1. The van der Waals surface area contributed by atoms with E-state index in [1.807, 2.05) is 0 Å². The van der Waals surface area contributed by atoms with Crippen molar-refractivity contribution in [1.29, 1.82) is 0 Å². The fourth-order valence-electron chi connectivity index (χ4n) is 1.59. The quantitative estimate of drug-likeness (QED) is 0.771. The predicted octanol–water partition coefficient (Wildman–Crippen LogP) is 1.91. The molecule has 0 spiro atoms. The number of aromatic nitrogens is 2. The fourth-order valence-corrected chi connectivity index (χ4v) is 5.00. The fraction of sp³-hybridized carbons (Fsp3) is 0.100. The second-order valence-corrected chi connectivity index (χ2v) is 9.00. The molecule has 1 aromatic heterocycles. The third-order valence-corrected chi connectivity index (χ3v) is 6.25. The van der Waals surface area contributed by atoms with Crippen molar-refractivity contribution < 1.29 is 16.8 Å². The summed E-state index contributed by atoms with van der Waals surface area (Å²) in [5, 5.41) is 3.76. The molecule has 0 unspecified atom stereocenters. The standard InChI is InChI=1S/C10H9BrClN3O4S2/c1-15-10(4-5-13-15)21(18,19)14-7-2-3-9(8(11)6-7)20(12,16)17/h2-6,14H,1H3. The summed E-state index contributed by atoms with van der Waals surface area (Å²) >= 11 is 3.04. The van der Waals surface area contributed by atoms with Crippen molar-refractivity contribution in [1.82, 2.24) is 9.78 Å². The third-order valence-electron chi connectivity index (χ3n) is 2.50. The maximum atomic E-state index is 12.1. The summed E-state index contributed by atoms with van der Waals surface area (Å²) in [4.78, 5) is -0.146. The number of rotatable bonds is 4. The number of sulfonamides is 1. The van der Waals surface area contributed by atoms with Gasteiger partial charge in [-0.1, -0.05) is 0 Å². The molecule has 0 atom stereocenters. The maximum Gasteiger partial charge on any atom is 0.279 e. The Hall–Kier alpha value is -1.10. The van der Waals surface area contributed by atoms with Crippen LogP contribution < -0.4 is 4.72 Å². The van der Waals surface area contributed by atoms with Crippen LogP contribution in [0.3, 0.4) is 0 Å². The van der Waals surface area contributed by atoms with Crippen molar-refractivity contribution >= 4 is 51.4 Å². The van der Waals surface area contributed by atoms with Crippen LogP contribution in [0.4, 0.5) is 5.69 Å². The van der Waals surface area contributed by atoms with Gasteiger partial charge in [-0.15, -0.1) is 0 Å². The summed E-state index contributed by atoms with van der Waals surface area (Å²) < 4.78 is 50.5. The summed E-state index contributed by atoms with van der Waals surface area (Å²) in [5.74, 6) is 0. The summed E-state index contributed by atoms with van der Waals surface area (Å²) in [6.45, 7) is 0. The minimum atomic E-state index is -3.91. The van der Waals surface area contributed by atoms with E-state index in [1.165, 1.54) is 42.2 Å². The van der Waals surface area contributed by atoms with Crippen molar-refractivity contribution in [2.75, 3.05) is 4.72 Å². The molecule has 7 nitrogen and oxygen atoms in total. The molecule has 114 valence electrons. The second kappa shape index (κ2) is 5.59. The first-order valence-electron chi connectivity index (χ1n) is 5.36. The highest BCUT2D eigenvalue weighted by molar-refractivity contribution is 9.10. The number of nitrogens with one attached hydrogen (secondary N) is 1. The number of hydrogen-bond acceptors (Lipinski definition) is 5. The minimum absolute atomic E-state index is 0.0207. The van der Waals surface area contributed by atoms with Crippen molar-refractivity contribution in [3.63, 3.8) is 0 Å². The van der Waals surface area contributed by atoms with E-state index in [4.69, 9.17) is 10.7 Å². The van der Waals surface area contributed by atoms with E-state index >= 15 is 0 Å². The Morgan fingerprint density at radius 1 is 1.24 bits per heavy atom. The lowest BCUT2D eigenvalue weighted by molar-refractivity contribution is 0.582. The number of anilines is 1.